The summed E-state index contributed by atoms with van der Waals surface area (Å²) in [4.78, 5) is 27.8. The fraction of sp³-hybridized carbons (Fsp3) is 0.429. The number of hydrogen-bond acceptors (Lipinski definition) is 2. The standard InChI is InChI=1S/C14H17BrN2O2/c1-16(2)14(19)12-7-4-8-17(12)13(18)10-5-3-6-11(15)9-10/h3,5-6,9,12H,4,7-8H2,1-2H3. The summed E-state index contributed by atoms with van der Waals surface area (Å²) < 4.78 is 0.869. The molecule has 19 heavy (non-hydrogen) atoms. The summed E-state index contributed by atoms with van der Waals surface area (Å²) in [5.74, 6) is -0.0696. The zero-order chi connectivity index (χ0) is 14.0. The summed E-state index contributed by atoms with van der Waals surface area (Å²) in [5, 5.41) is 0. The summed E-state index contributed by atoms with van der Waals surface area (Å²) in [6.45, 7) is 0.648. The second-order valence-corrected chi connectivity index (χ2v) is 5.82. The van der Waals surface area contributed by atoms with Gasteiger partial charge in [-0.05, 0) is 31.0 Å². The van der Waals surface area contributed by atoms with E-state index in [9.17, 15) is 9.59 Å². The Balaban J connectivity index is 2.21. The second kappa shape index (κ2) is 5.74. The molecule has 0 bridgehead atoms. The van der Waals surface area contributed by atoms with Crippen LogP contribution in [0.2, 0.25) is 0 Å². The molecule has 1 saturated heterocycles. The molecule has 0 aliphatic carbocycles. The lowest BCUT2D eigenvalue weighted by atomic mass is 10.1. The Morgan fingerprint density at radius 2 is 2.11 bits per heavy atom. The van der Waals surface area contributed by atoms with Crippen molar-refractivity contribution in [2.75, 3.05) is 20.6 Å². The molecular formula is C14H17BrN2O2. The third-order valence-electron chi connectivity index (χ3n) is 3.31. The maximum Gasteiger partial charge on any atom is 0.254 e. The van der Waals surface area contributed by atoms with Crippen molar-refractivity contribution in [3.63, 3.8) is 0 Å². The second-order valence-electron chi connectivity index (χ2n) is 4.90. The molecule has 1 atom stereocenters. The molecule has 1 fully saturated rings. The molecule has 1 aromatic carbocycles. The smallest absolute Gasteiger partial charge is 0.254 e. The van der Waals surface area contributed by atoms with Gasteiger partial charge in [0.1, 0.15) is 6.04 Å². The summed E-state index contributed by atoms with van der Waals surface area (Å²) in [5.41, 5.74) is 0.618. The lowest BCUT2D eigenvalue weighted by molar-refractivity contribution is -0.132. The van der Waals surface area contributed by atoms with Gasteiger partial charge >= 0.3 is 0 Å². The van der Waals surface area contributed by atoms with Crippen LogP contribution in [0.5, 0.6) is 0 Å². The number of carbonyl (C=O) groups excluding carboxylic acids is 2. The lowest BCUT2D eigenvalue weighted by Crippen LogP contribution is -2.45. The SMILES string of the molecule is CN(C)C(=O)C1CCCN1C(=O)c1cccc(Br)c1. The van der Waals surface area contributed by atoms with Gasteiger partial charge < -0.3 is 9.80 Å². The zero-order valence-electron chi connectivity index (χ0n) is 11.1. The molecule has 4 nitrogen and oxygen atoms in total. The largest absolute Gasteiger partial charge is 0.347 e. The number of rotatable bonds is 2. The van der Waals surface area contributed by atoms with Crippen molar-refractivity contribution in [3.8, 4) is 0 Å². The first-order valence-corrected chi connectivity index (χ1v) is 7.07. The van der Waals surface area contributed by atoms with Gasteiger partial charge in [-0.25, -0.2) is 0 Å². The summed E-state index contributed by atoms with van der Waals surface area (Å²) >= 11 is 3.36. The maximum atomic E-state index is 12.5. The average Bonchev–Trinajstić information content (AvgIpc) is 2.85. The van der Waals surface area contributed by atoms with Crippen LogP contribution in [0, 0.1) is 0 Å². The van der Waals surface area contributed by atoms with E-state index in [1.807, 2.05) is 12.1 Å². The minimum Gasteiger partial charge on any atom is -0.347 e. The van der Waals surface area contributed by atoms with Gasteiger partial charge in [-0.3, -0.25) is 9.59 Å². The maximum absolute atomic E-state index is 12.5. The lowest BCUT2D eigenvalue weighted by Gasteiger charge is -2.26. The topological polar surface area (TPSA) is 40.6 Å². The molecule has 0 saturated carbocycles. The third kappa shape index (κ3) is 2.97. The summed E-state index contributed by atoms with van der Waals surface area (Å²) in [6, 6.07) is 6.96. The van der Waals surface area contributed by atoms with Gasteiger partial charge in [0.15, 0.2) is 0 Å². The van der Waals surface area contributed by atoms with Crippen LogP contribution in [-0.4, -0.2) is 48.3 Å². The van der Waals surface area contributed by atoms with E-state index >= 15 is 0 Å². The molecule has 0 spiro atoms. The molecule has 1 aliphatic heterocycles. The molecule has 0 N–H and O–H groups in total. The fourth-order valence-electron chi connectivity index (χ4n) is 2.35. The normalized spacial score (nSPS) is 18.5. The molecule has 102 valence electrons. The predicted molar refractivity (Wildman–Crippen MR) is 76.9 cm³/mol. The highest BCUT2D eigenvalue weighted by Crippen LogP contribution is 2.22. The molecule has 0 aromatic heterocycles. The van der Waals surface area contributed by atoms with Crippen molar-refractivity contribution in [3.05, 3.63) is 34.3 Å². The highest BCUT2D eigenvalue weighted by molar-refractivity contribution is 9.10. The monoisotopic (exact) mass is 324 g/mol. The Hall–Kier alpha value is -1.36. The van der Waals surface area contributed by atoms with Gasteiger partial charge in [-0.1, -0.05) is 22.0 Å². The number of likely N-dealkylation sites (N-methyl/N-ethyl adjacent to an activating group) is 1. The van der Waals surface area contributed by atoms with Gasteiger partial charge in [-0.15, -0.1) is 0 Å². The van der Waals surface area contributed by atoms with E-state index in [4.69, 9.17) is 0 Å². The van der Waals surface area contributed by atoms with Crippen LogP contribution in [-0.2, 0) is 4.79 Å². The van der Waals surface area contributed by atoms with E-state index in [0.717, 1.165) is 17.3 Å². The van der Waals surface area contributed by atoms with E-state index in [-0.39, 0.29) is 17.9 Å². The Bertz CT molecular complexity index is 502. The quantitative estimate of drug-likeness (QED) is 0.836. The third-order valence-corrected chi connectivity index (χ3v) is 3.80. The van der Waals surface area contributed by atoms with Crippen LogP contribution in [0.3, 0.4) is 0 Å². The Kier molecular flexibility index (Phi) is 4.24. The first kappa shape index (κ1) is 14.1. The fourth-order valence-corrected chi connectivity index (χ4v) is 2.75. The Morgan fingerprint density at radius 3 is 2.74 bits per heavy atom. The van der Waals surface area contributed by atoms with Crippen molar-refractivity contribution in [2.24, 2.45) is 0 Å². The molecule has 2 amide bonds. The summed E-state index contributed by atoms with van der Waals surface area (Å²) in [7, 11) is 3.45. The number of nitrogens with zero attached hydrogens (tertiary/aromatic N) is 2. The molecule has 1 unspecified atom stereocenters. The predicted octanol–water partition coefficient (Wildman–Crippen LogP) is 2.14. The number of hydrogen-bond donors (Lipinski definition) is 0. The van der Waals surface area contributed by atoms with E-state index in [1.54, 1.807) is 36.0 Å². The Labute approximate surface area is 121 Å². The number of benzene rings is 1. The Morgan fingerprint density at radius 1 is 1.37 bits per heavy atom. The highest BCUT2D eigenvalue weighted by atomic mass is 79.9. The molecule has 1 heterocycles. The molecule has 2 rings (SSSR count). The molecule has 1 aliphatic rings. The van der Waals surface area contributed by atoms with Crippen molar-refractivity contribution < 1.29 is 9.59 Å². The van der Waals surface area contributed by atoms with Crippen molar-refractivity contribution >= 4 is 27.7 Å². The molecule has 5 heteroatoms. The van der Waals surface area contributed by atoms with Gasteiger partial charge in [-0.2, -0.15) is 0 Å². The first-order chi connectivity index (χ1) is 9.00. The van der Waals surface area contributed by atoms with E-state index in [0.29, 0.717) is 12.1 Å². The highest BCUT2D eigenvalue weighted by Gasteiger charge is 2.35. The van der Waals surface area contributed by atoms with E-state index < -0.39 is 0 Å². The minimum absolute atomic E-state index is 0.000784. The van der Waals surface area contributed by atoms with Gasteiger partial charge in [0.25, 0.3) is 5.91 Å². The van der Waals surface area contributed by atoms with Crippen LogP contribution in [0.25, 0.3) is 0 Å². The molecule has 0 radical (unpaired) electrons. The average molecular weight is 325 g/mol. The van der Waals surface area contributed by atoms with Gasteiger partial charge in [0, 0.05) is 30.7 Å². The molecular weight excluding hydrogens is 308 g/mol. The first-order valence-electron chi connectivity index (χ1n) is 6.28. The van der Waals surface area contributed by atoms with Crippen LogP contribution >= 0.6 is 15.9 Å². The number of amides is 2. The number of likely N-dealkylation sites (tertiary alicyclic amines) is 1. The van der Waals surface area contributed by atoms with Crippen molar-refractivity contribution in [1.82, 2.24) is 9.80 Å². The van der Waals surface area contributed by atoms with Crippen LogP contribution in [0.15, 0.2) is 28.7 Å². The van der Waals surface area contributed by atoms with Crippen LogP contribution < -0.4 is 0 Å². The van der Waals surface area contributed by atoms with Crippen molar-refractivity contribution in [1.29, 1.82) is 0 Å². The number of halogens is 1. The minimum atomic E-state index is -0.318. The van der Waals surface area contributed by atoms with Crippen molar-refractivity contribution in [2.45, 2.75) is 18.9 Å². The van der Waals surface area contributed by atoms with Gasteiger partial charge in [0.05, 0.1) is 0 Å². The van der Waals surface area contributed by atoms with Crippen LogP contribution in [0.4, 0.5) is 0 Å². The number of carbonyl (C=O) groups is 2. The molecule has 1 aromatic rings. The van der Waals surface area contributed by atoms with E-state index in [2.05, 4.69) is 15.9 Å². The zero-order valence-corrected chi connectivity index (χ0v) is 12.7. The van der Waals surface area contributed by atoms with Gasteiger partial charge in [0.2, 0.25) is 5.91 Å². The van der Waals surface area contributed by atoms with E-state index in [1.165, 1.54) is 0 Å². The summed E-state index contributed by atoms with van der Waals surface area (Å²) in [6.07, 6.45) is 1.63. The van der Waals surface area contributed by atoms with Crippen LogP contribution in [0.1, 0.15) is 23.2 Å².